The van der Waals surface area contributed by atoms with Crippen molar-refractivity contribution in [2.45, 2.75) is 25.9 Å². The van der Waals surface area contributed by atoms with Crippen LogP contribution in [-0.2, 0) is 0 Å². The Labute approximate surface area is 139 Å². The monoisotopic (exact) mass is 334 g/mol. The second kappa shape index (κ2) is 6.55. The Hall–Kier alpha value is -1.78. The van der Waals surface area contributed by atoms with Crippen molar-refractivity contribution in [3.8, 4) is 0 Å². The van der Waals surface area contributed by atoms with Gasteiger partial charge >= 0.3 is 0 Å². The fraction of sp³-hybridized carbons (Fsp3) is 0.250. The molecule has 1 aromatic heterocycles. The van der Waals surface area contributed by atoms with E-state index in [2.05, 4.69) is 22.6 Å². The molecule has 0 aliphatic rings. The Balaban J connectivity index is 1.95. The van der Waals surface area contributed by atoms with Crippen LogP contribution >= 0.6 is 23.2 Å². The quantitative estimate of drug-likeness (QED) is 0.701. The number of nitrogens with zero attached hydrogens (tertiary/aromatic N) is 3. The van der Waals surface area contributed by atoms with E-state index in [-0.39, 0.29) is 6.17 Å². The molecule has 1 atom stereocenters. The molecule has 3 rings (SSSR count). The van der Waals surface area contributed by atoms with Gasteiger partial charge in [-0.05, 0) is 36.8 Å². The lowest BCUT2D eigenvalue weighted by Crippen LogP contribution is -2.19. The van der Waals surface area contributed by atoms with Crippen molar-refractivity contribution in [1.82, 2.24) is 15.0 Å². The Morgan fingerprint density at radius 2 is 1.86 bits per heavy atom. The molecule has 0 unspecified atom stereocenters. The third-order valence-electron chi connectivity index (χ3n) is 3.43. The van der Waals surface area contributed by atoms with Gasteiger partial charge in [0.1, 0.15) is 11.7 Å². The van der Waals surface area contributed by atoms with Crippen molar-refractivity contribution >= 4 is 39.9 Å². The Bertz CT molecular complexity index is 764. The van der Waals surface area contributed by atoms with Crippen LogP contribution in [-0.4, -0.2) is 15.0 Å². The molecular weight excluding hydrogens is 319 g/mol. The normalized spacial score (nSPS) is 12.5. The second-order valence-corrected chi connectivity index (χ2v) is 6.00. The summed E-state index contributed by atoms with van der Waals surface area (Å²) in [7, 11) is 0. The molecule has 0 saturated carbocycles. The van der Waals surface area contributed by atoms with E-state index in [1.54, 1.807) is 6.07 Å². The smallest absolute Gasteiger partial charge is 0.123 e. The van der Waals surface area contributed by atoms with Crippen LogP contribution in [0, 0.1) is 0 Å². The summed E-state index contributed by atoms with van der Waals surface area (Å²) in [5.74, 6) is 0. The largest absolute Gasteiger partial charge is 0.364 e. The molecule has 0 saturated heterocycles. The predicted octanol–water partition coefficient (Wildman–Crippen LogP) is 5.15. The van der Waals surface area contributed by atoms with Gasteiger partial charge in [-0.25, -0.2) is 4.68 Å². The predicted molar refractivity (Wildman–Crippen MR) is 91.6 cm³/mol. The number of hydrogen-bond acceptors (Lipinski definition) is 3. The molecule has 1 N–H and O–H groups in total. The SMILES string of the molecule is CCC[C@@H](Nc1cc(Cl)cc(Cl)c1)n1nnc2ccccc21. The highest BCUT2D eigenvalue weighted by molar-refractivity contribution is 6.35. The third-order valence-corrected chi connectivity index (χ3v) is 3.87. The zero-order valence-corrected chi connectivity index (χ0v) is 13.6. The van der Waals surface area contributed by atoms with Gasteiger partial charge in [0.2, 0.25) is 0 Å². The number of para-hydroxylation sites is 1. The van der Waals surface area contributed by atoms with Crippen molar-refractivity contribution in [1.29, 1.82) is 0 Å². The Kier molecular flexibility index (Phi) is 4.50. The summed E-state index contributed by atoms with van der Waals surface area (Å²) in [5, 5.41) is 13.2. The fourth-order valence-corrected chi connectivity index (χ4v) is 3.00. The molecule has 0 aliphatic carbocycles. The minimum absolute atomic E-state index is 0.00747. The van der Waals surface area contributed by atoms with E-state index < -0.39 is 0 Å². The molecule has 0 radical (unpaired) electrons. The van der Waals surface area contributed by atoms with E-state index in [9.17, 15) is 0 Å². The van der Waals surface area contributed by atoms with Crippen LogP contribution in [0.25, 0.3) is 11.0 Å². The van der Waals surface area contributed by atoms with E-state index >= 15 is 0 Å². The average Bonchev–Trinajstić information content (AvgIpc) is 2.89. The number of halogens is 2. The number of nitrogens with one attached hydrogen (secondary N) is 1. The van der Waals surface area contributed by atoms with Gasteiger partial charge in [0, 0.05) is 15.7 Å². The first kappa shape index (κ1) is 15.1. The molecule has 0 bridgehead atoms. The number of benzene rings is 2. The fourth-order valence-electron chi connectivity index (χ4n) is 2.48. The van der Waals surface area contributed by atoms with Crippen LogP contribution in [0.4, 0.5) is 5.69 Å². The molecule has 4 nitrogen and oxygen atoms in total. The van der Waals surface area contributed by atoms with Crippen LogP contribution in [0.2, 0.25) is 10.0 Å². The van der Waals surface area contributed by atoms with E-state index in [0.29, 0.717) is 10.0 Å². The summed E-state index contributed by atoms with van der Waals surface area (Å²) in [6, 6.07) is 13.4. The zero-order valence-electron chi connectivity index (χ0n) is 12.1. The van der Waals surface area contributed by atoms with E-state index in [1.807, 2.05) is 41.1 Å². The summed E-state index contributed by atoms with van der Waals surface area (Å²) < 4.78 is 1.91. The minimum atomic E-state index is -0.00747. The molecule has 0 amide bonds. The van der Waals surface area contributed by atoms with Gasteiger partial charge in [0.15, 0.2) is 0 Å². The van der Waals surface area contributed by atoms with Gasteiger partial charge < -0.3 is 5.32 Å². The number of hydrogen-bond donors (Lipinski definition) is 1. The van der Waals surface area contributed by atoms with Gasteiger partial charge in [0.25, 0.3) is 0 Å². The lowest BCUT2D eigenvalue weighted by atomic mass is 10.2. The van der Waals surface area contributed by atoms with Gasteiger partial charge in [-0.3, -0.25) is 0 Å². The molecule has 0 fully saturated rings. The number of rotatable bonds is 5. The summed E-state index contributed by atoms with van der Waals surface area (Å²) in [4.78, 5) is 0. The van der Waals surface area contributed by atoms with E-state index in [4.69, 9.17) is 23.2 Å². The molecular formula is C16H16Cl2N4. The number of aromatic nitrogens is 3. The Morgan fingerprint density at radius 3 is 2.59 bits per heavy atom. The first-order valence-corrected chi connectivity index (χ1v) is 7.95. The zero-order chi connectivity index (χ0) is 15.5. The maximum Gasteiger partial charge on any atom is 0.123 e. The molecule has 22 heavy (non-hydrogen) atoms. The molecule has 3 aromatic rings. The molecule has 1 heterocycles. The second-order valence-electron chi connectivity index (χ2n) is 5.13. The van der Waals surface area contributed by atoms with Crippen LogP contribution in [0.3, 0.4) is 0 Å². The van der Waals surface area contributed by atoms with Crippen LogP contribution in [0.15, 0.2) is 42.5 Å². The molecule has 6 heteroatoms. The molecule has 114 valence electrons. The van der Waals surface area contributed by atoms with Crippen molar-refractivity contribution in [2.24, 2.45) is 0 Å². The van der Waals surface area contributed by atoms with Crippen LogP contribution in [0.1, 0.15) is 25.9 Å². The first-order chi connectivity index (χ1) is 10.7. The maximum absolute atomic E-state index is 6.07. The van der Waals surface area contributed by atoms with E-state index in [1.165, 1.54) is 0 Å². The molecule has 0 aliphatic heterocycles. The lowest BCUT2D eigenvalue weighted by molar-refractivity contribution is 0.467. The van der Waals surface area contributed by atoms with Gasteiger partial charge in [0.05, 0.1) is 5.52 Å². The van der Waals surface area contributed by atoms with Crippen molar-refractivity contribution < 1.29 is 0 Å². The highest BCUT2D eigenvalue weighted by Gasteiger charge is 2.15. The highest BCUT2D eigenvalue weighted by atomic mass is 35.5. The average molecular weight is 335 g/mol. The third kappa shape index (κ3) is 3.18. The maximum atomic E-state index is 6.07. The van der Waals surface area contributed by atoms with Gasteiger partial charge in [-0.15, -0.1) is 5.10 Å². The summed E-state index contributed by atoms with van der Waals surface area (Å²) >= 11 is 12.1. The summed E-state index contributed by atoms with van der Waals surface area (Å²) in [6.45, 7) is 2.14. The van der Waals surface area contributed by atoms with Crippen molar-refractivity contribution in [3.05, 3.63) is 52.5 Å². The summed E-state index contributed by atoms with van der Waals surface area (Å²) in [5.41, 5.74) is 2.76. The lowest BCUT2D eigenvalue weighted by Gasteiger charge is -2.20. The number of anilines is 1. The van der Waals surface area contributed by atoms with Crippen LogP contribution in [0.5, 0.6) is 0 Å². The minimum Gasteiger partial charge on any atom is -0.364 e. The molecule has 2 aromatic carbocycles. The Morgan fingerprint density at radius 1 is 1.14 bits per heavy atom. The van der Waals surface area contributed by atoms with E-state index in [0.717, 1.165) is 29.6 Å². The standard InChI is InChI=1S/C16H16Cl2N4/c1-2-5-16(19-13-9-11(17)8-12(18)10-13)22-15-7-4-3-6-14(15)20-21-22/h3-4,6-10,16,19H,2,5H2,1H3/t16-/m0/s1. The number of fused-ring (bicyclic) bond motifs is 1. The topological polar surface area (TPSA) is 42.7 Å². The molecule has 0 spiro atoms. The summed E-state index contributed by atoms with van der Waals surface area (Å²) in [6.07, 6.45) is 1.92. The van der Waals surface area contributed by atoms with Crippen molar-refractivity contribution in [3.63, 3.8) is 0 Å². The highest BCUT2D eigenvalue weighted by Crippen LogP contribution is 2.27. The van der Waals surface area contributed by atoms with Gasteiger partial charge in [-0.2, -0.15) is 0 Å². The van der Waals surface area contributed by atoms with Crippen LogP contribution < -0.4 is 5.32 Å². The first-order valence-electron chi connectivity index (χ1n) is 7.20. The van der Waals surface area contributed by atoms with Gasteiger partial charge in [-0.1, -0.05) is 53.9 Å². The van der Waals surface area contributed by atoms with Crippen molar-refractivity contribution in [2.75, 3.05) is 5.32 Å².